The van der Waals surface area contributed by atoms with E-state index in [2.05, 4.69) is 0 Å². The molecule has 0 radical (unpaired) electrons. The van der Waals surface area contributed by atoms with Crippen LogP contribution in [0.1, 0.15) is 11.1 Å². The maximum atomic E-state index is 12.4. The number of hydrogen-bond acceptors (Lipinski definition) is 1. The number of nitrogens with zero attached hydrogens (tertiary/aromatic N) is 1. The van der Waals surface area contributed by atoms with Gasteiger partial charge < -0.3 is 5.21 Å². The van der Waals surface area contributed by atoms with Crippen LogP contribution in [0.2, 0.25) is 0 Å². The van der Waals surface area contributed by atoms with Crippen LogP contribution in [0, 0.1) is 5.21 Å². The average molecular weight is 265 g/mol. The lowest BCUT2D eigenvalue weighted by Gasteiger charge is -2.06. The van der Waals surface area contributed by atoms with Crippen molar-refractivity contribution < 1.29 is 17.9 Å². The molecule has 0 aliphatic carbocycles. The van der Waals surface area contributed by atoms with E-state index < -0.39 is 11.7 Å². The fourth-order valence-electron chi connectivity index (χ4n) is 1.54. The molecular formula is C14H10F3NO. The average Bonchev–Trinajstić information content (AvgIpc) is 2.39. The summed E-state index contributed by atoms with van der Waals surface area (Å²) in [7, 11) is 0. The summed E-state index contributed by atoms with van der Waals surface area (Å²) in [6.07, 6.45) is -3.13. The second kappa shape index (κ2) is 5.14. The van der Waals surface area contributed by atoms with E-state index in [-0.39, 0.29) is 0 Å². The Bertz CT molecular complexity index is 574. The van der Waals surface area contributed by atoms with Crippen molar-refractivity contribution in [1.82, 2.24) is 0 Å². The van der Waals surface area contributed by atoms with Gasteiger partial charge in [-0.2, -0.15) is 17.9 Å². The van der Waals surface area contributed by atoms with Gasteiger partial charge in [-0.25, -0.2) is 0 Å². The number of alkyl halides is 3. The Hall–Kier alpha value is -2.30. The zero-order valence-electron chi connectivity index (χ0n) is 9.76. The van der Waals surface area contributed by atoms with Gasteiger partial charge in [-0.15, -0.1) is 0 Å². The largest absolute Gasteiger partial charge is 0.618 e. The van der Waals surface area contributed by atoms with Crippen molar-refractivity contribution in [2.75, 3.05) is 0 Å². The highest BCUT2D eigenvalue weighted by Gasteiger charge is 2.29. The van der Waals surface area contributed by atoms with Gasteiger partial charge in [0, 0.05) is 17.7 Å². The van der Waals surface area contributed by atoms with Crippen molar-refractivity contribution in [1.29, 1.82) is 0 Å². The van der Waals surface area contributed by atoms with Crippen LogP contribution in [0.5, 0.6) is 0 Å². The van der Waals surface area contributed by atoms with Crippen LogP contribution in [-0.2, 0) is 6.18 Å². The Kier molecular flexibility index (Phi) is 3.55. The molecule has 2 nitrogen and oxygen atoms in total. The molecule has 0 atom stereocenters. The van der Waals surface area contributed by atoms with Crippen LogP contribution in [0.4, 0.5) is 18.9 Å². The molecule has 0 spiro atoms. The van der Waals surface area contributed by atoms with Crippen molar-refractivity contribution >= 4 is 11.9 Å². The fraction of sp³-hybridized carbons (Fsp3) is 0.0714. The van der Waals surface area contributed by atoms with Gasteiger partial charge in [-0.05, 0) is 24.3 Å². The molecule has 0 aliphatic heterocycles. The lowest BCUT2D eigenvalue weighted by molar-refractivity contribution is -0.354. The Morgan fingerprint density at radius 1 is 0.895 bits per heavy atom. The van der Waals surface area contributed by atoms with E-state index in [4.69, 9.17) is 0 Å². The molecule has 0 saturated carbocycles. The first kappa shape index (κ1) is 13.1. The summed E-state index contributed by atoms with van der Waals surface area (Å²) in [5, 5.41) is 11.7. The van der Waals surface area contributed by atoms with E-state index in [1.165, 1.54) is 18.3 Å². The van der Waals surface area contributed by atoms with Gasteiger partial charge in [-0.1, -0.05) is 18.2 Å². The van der Waals surface area contributed by atoms with Crippen LogP contribution in [0.3, 0.4) is 0 Å². The first-order valence-electron chi connectivity index (χ1n) is 5.50. The molecule has 5 heteroatoms. The highest BCUT2D eigenvalue weighted by Crippen LogP contribution is 2.28. The topological polar surface area (TPSA) is 26.1 Å². The summed E-state index contributed by atoms with van der Waals surface area (Å²) in [6.45, 7) is 0. The zero-order chi connectivity index (χ0) is 13.9. The Labute approximate surface area is 108 Å². The molecule has 0 aliphatic rings. The molecular weight excluding hydrogens is 255 g/mol. The van der Waals surface area contributed by atoms with Crippen molar-refractivity contribution in [3.63, 3.8) is 0 Å². The van der Waals surface area contributed by atoms with Crippen molar-refractivity contribution in [3.8, 4) is 0 Å². The van der Waals surface area contributed by atoms with E-state index in [1.54, 1.807) is 30.3 Å². The van der Waals surface area contributed by atoms with Gasteiger partial charge in [-0.3, -0.25) is 0 Å². The molecule has 0 N–H and O–H groups in total. The van der Waals surface area contributed by atoms with Gasteiger partial charge in [0.25, 0.3) is 0 Å². The van der Waals surface area contributed by atoms with Crippen LogP contribution < -0.4 is 0 Å². The zero-order valence-corrected chi connectivity index (χ0v) is 9.76. The highest BCUT2D eigenvalue weighted by atomic mass is 19.4. The first-order chi connectivity index (χ1) is 8.97. The monoisotopic (exact) mass is 265 g/mol. The maximum absolute atomic E-state index is 12.4. The summed E-state index contributed by atoms with van der Waals surface area (Å²) in [6, 6.07) is 12.8. The Morgan fingerprint density at radius 3 is 2.00 bits per heavy atom. The van der Waals surface area contributed by atoms with Crippen molar-refractivity contribution in [2.45, 2.75) is 6.18 Å². The first-order valence-corrected chi connectivity index (χ1v) is 5.50. The van der Waals surface area contributed by atoms with Gasteiger partial charge >= 0.3 is 6.18 Å². The summed E-state index contributed by atoms with van der Waals surface area (Å²) < 4.78 is 37.7. The number of halogens is 3. The third kappa shape index (κ3) is 3.34. The Balaban J connectivity index is 2.24. The number of para-hydroxylation sites is 1. The number of rotatable bonds is 2. The van der Waals surface area contributed by atoms with Crippen LogP contribution in [0.15, 0.2) is 54.6 Å². The molecule has 0 aromatic heterocycles. The summed E-state index contributed by atoms with van der Waals surface area (Å²) in [4.78, 5) is 0. The molecule has 0 heterocycles. The third-order valence-corrected chi connectivity index (χ3v) is 2.52. The van der Waals surface area contributed by atoms with E-state index in [1.807, 2.05) is 0 Å². The number of benzene rings is 2. The molecule has 2 aromatic carbocycles. The summed E-state index contributed by atoms with van der Waals surface area (Å²) in [5.74, 6) is 0. The summed E-state index contributed by atoms with van der Waals surface area (Å²) in [5.41, 5.74) is 0.0936. The van der Waals surface area contributed by atoms with E-state index in [0.29, 0.717) is 16.0 Å². The predicted molar refractivity (Wildman–Crippen MR) is 66.3 cm³/mol. The smallest absolute Gasteiger partial charge is 0.416 e. The van der Waals surface area contributed by atoms with Crippen molar-refractivity contribution in [2.24, 2.45) is 0 Å². The van der Waals surface area contributed by atoms with Gasteiger partial charge in [0.2, 0.25) is 5.69 Å². The molecule has 19 heavy (non-hydrogen) atoms. The SMILES string of the molecule is [O-][N+](=Cc1ccc(C(F)(F)F)cc1)c1ccccc1. The molecule has 98 valence electrons. The maximum Gasteiger partial charge on any atom is 0.416 e. The van der Waals surface area contributed by atoms with Gasteiger partial charge in [0.1, 0.15) is 0 Å². The molecule has 0 bridgehead atoms. The molecule has 0 saturated heterocycles. The predicted octanol–water partition coefficient (Wildman–Crippen LogP) is 3.97. The Morgan fingerprint density at radius 2 is 1.47 bits per heavy atom. The van der Waals surface area contributed by atoms with Crippen LogP contribution >= 0.6 is 0 Å². The standard InChI is InChI=1S/C14H10F3NO/c15-14(16,17)12-8-6-11(7-9-12)10-18(19)13-4-2-1-3-5-13/h1-10H. The normalized spacial score (nSPS) is 12.5. The van der Waals surface area contributed by atoms with E-state index >= 15 is 0 Å². The lowest BCUT2D eigenvalue weighted by atomic mass is 10.1. The van der Waals surface area contributed by atoms with Crippen LogP contribution in [0.25, 0.3) is 0 Å². The molecule has 0 unspecified atom stereocenters. The third-order valence-electron chi connectivity index (χ3n) is 2.52. The molecule has 2 rings (SSSR count). The minimum Gasteiger partial charge on any atom is -0.618 e. The summed E-state index contributed by atoms with van der Waals surface area (Å²) >= 11 is 0. The highest BCUT2D eigenvalue weighted by molar-refractivity contribution is 5.76. The van der Waals surface area contributed by atoms with E-state index in [0.717, 1.165) is 12.1 Å². The van der Waals surface area contributed by atoms with Crippen molar-refractivity contribution in [3.05, 3.63) is 70.9 Å². The second-order valence-electron chi connectivity index (χ2n) is 3.91. The number of hydrogen-bond donors (Lipinski definition) is 0. The minimum atomic E-state index is -4.37. The quantitative estimate of drug-likeness (QED) is 0.349. The van der Waals surface area contributed by atoms with Gasteiger partial charge in [0.05, 0.1) is 5.56 Å². The van der Waals surface area contributed by atoms with Crippen LogP contribution in [-0.4, -0.2) is 11.0 Å². The van der Waals surface area contributed by atoms with Gasteiger partial charge in [0.15, 0.2) is 6.21 Å². The second-order valence-corrected chi connectivity index (χ2v) is 3.91. The molecule has 0 amide bonds. The minimum absolute atomic E-state index is 0.409. The fourth-order valence-corrected chi connectivity index (χ4v) is 1.54. The van der Waals surface area contributed by atoms with E-state index in [9.17, 15) is 18.4 Å². The molecule has 0 fully saturated rings. The molecule has 2 aromatic rings. The lowest BCUT2D eigenvalue weighted by Crippen LogP contribution is -2.05.